The number of hydrogen-bond donors (Lipinski definition) is 1. The van der Waals surface area contributed by atoms with E-state index in [0.717, 1.165) is 53.3 Å². The van der Waals surface area contributed by atoms with Crippen LogP contribution in [0, 0.1) is 11.8 Å². The zero-order valence-electron chi connectivity index (χ0n) is 24.7. The number of nitrogens with two attached hydrogens (primary N) is 1. The maximum atomic E-state index is 13.7. The molecule has 2 unspecified atom stereocenters. The Bertz CT molecular complexity index is 1900. The monoisotopic (exact) mass is 603 g/mol. The Labute approximate surface area is 250 Å². The van der Waals surface area contributed by atoms with E-state index in [-0.39, 0.29) is 23.2 Å². The largest absolute Gasteiger partial charge is 0.494 e. The van der Waals surface area contributed by atoms with Crippen LogP contribution >= 0.6 is 0 Å². The van der Waals surface area contributed by atoms with Gasteiger partial charge in [-0.15, -0.1) is 0 Å². The Balaban J connectivity index is 1.19. The second-order valence-electron chi connectivity index (χ2n) is 13.0. The van der Waals surface area contributed by atoms with Crippen LogP contribution in [0.3, 0.4) is 0 Å². The minimum atomic E-state index is -3.06. The van der Waals surface area contributed by atoms with Gasteiger partial charge in [0, 0.05) is 62.5 Å². The zero-order chi connectivity index (χ0) is 29.8. The summed E-state index contributed by atoms with van der Waals surface area (Å²) >= 11 is 0. The first-order chi connectivity index (χ1) is 20.6. The summed E-state index contributed by atoms with van der Waals surface area (Å²) in [6.07, 6.45) is 5.72. The van der Waals surface area contributed by atoms with Crippen LogP contribution in [-0.2, 0) is 23.4 Å². The van der Waals surface area contributed by atoms with E-state index in [1.807, 2.05) is 39.6 Å². The van der Waals surface area contributed by atoms with Crippen molar-refractivity contribution in [3.8, 4) is 17.3 Å². The number of aromatic nitrogens is 4. The lowest BCUT2D eigenvalue weighted by Crippen LogP contribution is -2.54. The standard InChI is InChI=1S/C31H37N7O4S/c1-35-28-22(10-20(12-25(28)42-2)31(39)38-14-19-6-8-23(38)27(19)32)33-30(35)24-11-18-7-9-26(36-15-21(16-36)43(3,40)41)34-29(18)37(24)13-17-4-5-17/h7,9-12,17,19,21,23,27H,4-6,8,13-16,32H2,1-3H3/t19?,23?,27-/m1/s1. The second-order valence-corrected chi connectivity index (χ2v) is 15.3. The van der Waals surface area contributed by atoms with Crippen molar-refractivity contribution in [1.82, 2.24) is 24.0 Å². The van der Waals surface area contributed by atoms with E-state index in [2.05, 4.69) is 16.7 Å². The van der Waals surface area contributed by atoms with E-state index in [1.165, 1.54) is 19.1 Å². The van der Waals surface area contributed by atoms with Gasteiger partial charge in [-0.3, -0.25) is 4.79 Å². The van der Waals surface area contributed by atoms with Gasteiger partial charge in [0.25, 0.3) is 5.91 Å². The van der Waals surface area contributed by atoms with Gasteiger partial charge in [0.05, 0.1) is 23.6 Å². The lowest BCUT2D eigenvalue weighted by molar-refractivity contribution is 0.0700. The number of sulfone groups is 1. The molecule has 0 radical (unpaired) electrons. The first-order valence-electron chi connectivity index (χ1n) is 15.2. The molecule has 3 atom stereocenters. The molecule has 43 heavy (non-hydrogen) atoms. The minimum Gasteiger partial charge on any atom is -0.494 e. The normalized spacial score (nSPS) is 24.0. The van der Waals surface area contributed by atoms with Crippen LogP contribution in [0.15, 0.2) is 30.3 Å². The molecule has 2 aliphatic carbocycles. The number of hydrogen-bond acceptors (Lipinski definition) is 8. The number of rotatable bonds is 7. The molecule has 1 amide bonds. The number of fused-ring (bicyclic) bond motifs is 4. The van der Waals surface area contributed by atoms with Crippen molar-refractivity contribution in [2.75, 3.05) is 37.9 Å². The Morgan fingerprint density at radius 1 is 1.07 bits per heavy atom. The Morgan fingerprint density at radius 3 is 2.51 bits per heavy atom. The summed E-state index contributed by atoms with van der Waals surface area (Å²) in [5.74, 6) is 3.14. The van der Waals surface area contributed by atoms with E-state index in [4.69, 9.17) is 20.4 Å². The summed E-state index contributed by atoms with van der Waals surface area (Å²) in [6, 6.07) is 10.0. The molecule has 3 aromatic heterocycles. The molecule has 4 aromatic rings. The van der Waals surface area contributed by atoms with E-state index in [0.29, 0.717) is 48.3 Å². The summed E-state index contributed by atoms with van der Waals surface area (Å²) in [6.45, 7) is 2.47. The number of pyridine rings is 1. The fraction of sp³-hybridized carbons (Fsp3) is 0.516. The summed E-state index contributed by atoms with van der Waals surface area (Å²) in [5, 5.41) is 0.665. The van der Waals surface area contributed by atoms with Crippen LogP contribution in [0.25, 0.3) is 33.6 Å². The topological polar surface area (TPSA) is 129 Å². The molecule has 2 saturated carbocycles. The quantitative estimate of drug-likeness (QED) is 0.342. The summed E-state index contributed by atoms with van der Waals surface area (Å²) in [5.41, 5.74) is 10.3. The van der Waals surface area contributed by atoms with Crippen molar-refractivity contribution in [2.24, 2.45) is 24.6 Å². The molecular formula is C31H37N7O4S. The summed E-state index contributed by atoms with van der Waals surface area (Å²) < 4.78 is 34.1. The van der Waals surface area contributed by atoms with E-state index < -0.39 is 9.84 Å². The summed E-state index contributed by atoms with van der Waals surface area (Å²) in [7, 11) is 0.547. The van der Waals surface area contributed by atoms with Crippen LogP contribution in [0.2, 0.25) is 0 Å². The number of aryl methyl sites for hydroxylation is 1. The lowest BCUT2D eigenvalue weighted by Gasteiger charge is -2.38. The fourth-order valence-corrected chi connectivity index (χ4v) is 8.29. The molecule has 1 aromatic carbocycles. The van der Waals surface area contributed by atoms with E-state index >= 15 is 0 Å². The van der Waals surface area contributed by atoms with Gasteiger partial charge >= 0.3 is 0 Å². The number of imidazole rings is 1. The third-order valence-electron chi connectivity index (χ3n) is 10.2. The van der Waals surface area contributed by atoms with Gasteiger partial charge in [0.1, 0.15) is 22.7 Å². The SMILES string of the molecule is COc1cc(C(=O)N2CC3CCC2[C@@H]3N)cc2nc(-c3cc4ccc(N5CC(S(C)(=O)=O)C5)nc4n3CC3CC3)n(C)c12. The zero-order valence-corrected chi connectivity index (χ0v) is 25.5. The molecular weight excluding hydrogens is 566 g/mol. The van der Waals surface area contributed by atoms with Crippen LogP contribution in [0.1, 0.15) is 36.0 Å². The molecule has 5 heterocycles. The highest BCUT2D eigenvalue weighted by atomic mass is 32.2. The average molecular weight is 604 g/mol. The molecule has 2 saturated heterocycles. The predicted octanol–water partition coefficient (Wildman–Crippen LogP) is 2.80. The molecule has 2 N–H and O–H groups in total. The maximum Gasteiger partial charge on any atom is 0.254 e. The number of methoxy groups -OCH3 is 1. The van der Waals surface area contributed by atoms with Crippen molar-refractivity contribution in [3.05, 3.63) is 35.9 Å². The predicted molar refractivity (Wildman–Crippen MR) is 165 cm³/mol. The van der Waals surface area contributed by atoms with Crippen molar-refractivity contribution in [2.45, 2.75) is 49.6 Å². The molecule has 12 heteroatoms. The number of benzene rings is 1. The van der Waals surface area contributed by atoms with Gasteiger partial charge < -0.3 is 29.4 Å². The smallest absolute Gasteiger partial charge is 0.254 e. The molecule has 226 valence electrons. The van der Waals surface area contributed by atoms with E-state index in [9.17, 15) is 13.2 Å². The molecule has 11 nitrogen and oxygen atoms in total. The Kier molecular flexibility index (Phi) is 5.91. The number of nitrogens with zero attached hydrogens (tertiary/aromatic N) is 6. The first-order valence-corrected chi connectivity index (χ1v) is 17.1. The maximum absolute atomic E-state index is 13.7. The number of carbonyl (C=O) groups is 1. The van der Waals surface area contributed by atoms with Gasteiger partial charge in [-0.2, -0.15) is 0 Å². The van der Waals surface area contributed by atoms with Crippen molar-refractivity contribution in [3.63, 3.8) is 0 Å². The highest BCUT2D eigenvalue weighted by molar-refractivity contribution is 7.91. The Morgan fingerprint density at radius 2 is 1.86 bits per heavy atom. The molecule has 8 rings (SSSR count). The highest BCUT2D eigenvalue weighted by Crippen LogP contribution is 2.40. The first kappa shape index (κ1) is 26.9. The third-order valence-corrected chi connectivity index (χ3v) is 11.7. The van der Waals surface area contributed by atoms with Gasteiger partial charge in [0.2, 0.25) is 0 Å². The van der Waals surface area contributed by atoms with Gasteiger partial charge in [-0.1, -0.05) is 0 Å². The third kappa shape index (κ3) is 4.24. The minimum absolute atomic E-state index is 0.0151. The van der Waals surface area contributed by atoms with E-state index in [1.54, 1.807) is 7.11 Å². The average Bonchev–Trinajstić information content (AvgIpc) is 3.35. The second kappa shape index (κ2) is 9.43. The molecule has 2 bridgehead atoms. The van der Waals surface area contributed by atoms with Crippen LogP contribution in [0.4, 0.5) is 5.82 Å². The fourth-order valence-electron chi connectivity index (χ4n) is 7.38. The summed E-state index contributed by atoms with van der Waals surface area (Å²) in [4.78, 5) is 27.8. The number of carbonyl (C=O) groups excluding carboxylic acids is 1. The number of piperidine rings is 1. The van der Waals surface area contributed by atoms with Crippen LogP contribution < -0.4 is 15.4 Å². The number of likely N-dealkylation sites (tertiary alicyclic amines) is 1. The molecule has 0 spiro atoms. The number of amides is 1. The lowest BCUT2D eigenvalue weighted by atomic mass is 10.1. The highest BCUT2D eigenvalue weighted by Gasteiger charge is 2.47. The van der Waals surface area contributed by atoms with Gasteiger partial charge in [-0.25, -0.2) is 18.4 Å². The van der Waals surface area contributed by atoms with Gasteiger partial charge in [-0.05, 0) is 67.9 Å². The number of ether oxygens (including phenoxy) is 1. The number of anilines is 1. The van der Waals surface area contributed by atoms with Crippen LogP contribution in [-0.4, -0.2) is 88.7 Å². The van der Waals surface area contributed by atoms with Crippen molar-refractivity contribution >= 4 is 43.6 Å². The Hall–Kier alpha value is -3.64. The van der Waals surface area contributed by atoms with Gasteiger partial charge in [0.15, 0.2) is 15.7 Å². The van der Waals surface area contributed by atoms with Crippen molar-refractivity contribution in [1.29, 1.82) is 0 Å². The molecule has 4 aliphatic rings. The van der Waals surface area contributed by atoms with Crippen LogP contribution in [0.5, 0.6) is 5.75 Å². The van der Waals surface area contributed by atoms with Crippen molar-refractivity contribution < 1.29 is 17.9 Å². The molecule has 4 fully saturated rings. The molecule has 2 aliphatic heterocycles.